The molecule has 0 heterocycles. The molecule has 0 aliphatic rings. The summed E-state index contributed by atoms with van der Waals surface area (Å²) in [5.41, 5.74) is 9.18. The molecule has 0 aromatic heterocycles. The summed E-state index contributed by atoms with van der Waals surface area (Å²) in [5, 5.41) is 2.87. The second-order valence-electron chi connectivity index (χ2n) is 4.42. The third kappa shape index (κ3) is 3.83. The molecule has 0 atom stereocenters. The topological polar surface area (TPSA) is 55.1 Å². The van der Waals surface area contributed by atoms with E-state index in [4.69, 9.17) is 5.73 Å². The van der Waals surface area contributed by atoms with Crippen molar-refractivity contribution in [3.8, 4) is 0 Å². The van der Waals surface area contributed by atoms with Crippen molar-refractivity contribution in [2.75, 3.05) is 11.1 Å². The summed E-state index contributed by atoms with van der Waals surface area (Å²) < 4.78 is 1.01. The van der Waals surface area contributed by atoms with E-state index < -0.39 is 0 Å². The van der Waals surface area contributed by atoms with Gasteiger partial charge in [0.15, 0.2) is 0 Å². The maximum Gasteiger partial charge on any atom is 0.228 e. The summed E-state index contributed by atoms with van der Waals surface area (Å²) >= 11 is 3.37. The fraction of sp³-hybridized carbons (Fsp3) is 0.133. The molecule has 0 unspecified atom stereocenters. The summed E-state index contributed by atoms with van der Waals surface area (Å²) in [6.45, 7) is 1.92. The van der Waals surface area contributed by atoms with Crippen LogP contribution in [0.3, 0.4) is 0 Å². The highest BCUT2D eigenvalue weighted by Crippen LogP contribution is 2.17. The quantitative estimate of drug-likeness (QED) is 0.851. The van der Waals surface area contributed by atoms with Gasteiger partial charge in [-0.15, -0.1) is 0 Å². The molecule has 2 rings (SSSR count). The number of aryl methyl sites for hydroxylation is 1. The van der Waals surface area contributed by atoms with Crippen LogP contribution in [-0.4, -0.2) is 5.91 Å². The Morgan fingerprint density at radius 3 is 2.53 bits per heavy atom. The van der Waals surface area contributed by atoms with Gasteiger partial charge >= 0.3 is 0 Å². The maximum atomic E-state index is 11.9. The molecule has 1 amide bonds. The number of amides is 1. The lowest BCUT2D eigenvalue weighted by molar-refractivity contribution is -0.115. The van der Waals surface area contributed by atoms with E-state index >= 15 is 0 Å². The largest absolute Gasteiger partial charge is 0.399 e. The van der Waals surface area contributed by atoms with Crippen molar-refractivity contribution in [1.82, 2.24) is 0 Å². The first kappa shape index (κ1) is 13.6. The van der Waals surface area contributed by atoms with Gasteiger partial charge < -0.3 is 11.1 Å². The van der Waals surface area contributed by atoms with Gasteiger partial charge in [-0.05, 0) is 48.4 Å². The summed E-state index contributed by atoms with van der Waals surface area (Å²) in [6, 6.07) is 13.2. The van der Waals surface area contributed by atoms with Gasteiger partial charge in [-0.25, -0.2) is 0 Å². The number of nitrogen functional groups attached to an aromatic ring is 1. The minimum atomic E-state index is -0.0357. The Kier molecular flexibility index (Phi) is 4.22. The summed E-state index contributed by atoms with van der Waals surface area (Å²) in [4.78, 5) is 11.9. The number of nitrogens with one attached hydrogen (secondary N) is 1. The number of carbonyl (C=O) groups excluding carboxylic acids is 1. The molecule has 0 aliphatic carbocycles. The van der Waals surface area contributed by atoms with Crippen molar-refractivity contribution in [3.63, 3.8) is 0 Å². The number of hydrogen-bond donors (Lipinski definition) is 2. The van der Waals surface area contributed by atoms with Crippen LogP contribution in [0.5, 0.6) is 0 Å². The zero-order valence-electron chi connectivity index (χ0n) is 10.6. The van der Waals surface area contributed by atoms with Crippen LogP contribution in [-0.2, 0) is 11.2 Å². The van der Waals surface area contributed by atoms with Crippen LogP contribution >= 0.6 is 15.9 Å². The maximum absolute atomic E-state index is 11.9. The van der Waals surface area contributed by atoms with Gasteiger partial charge in [0, 0.05) is 15.8 Å². The number of rotatable bonds is 3. The first-order valence-corrected chi connectivity index (χ1v) is 6.74. The Bertz CT molecular complexity index is 594. The smallest absolute Gasteiger partial charge is 0.228 e. The van der Waals surface area contributed by atoms with Crippen molar-refractivity contribution < 1.29 is 4.79 Å². The monoisotopic (exact) mass is 318 g/mol. The highest BCUT2D eigenvalue weighted by molar-refractivity contribution is 9.10. The standard InChI is InChI=1S/C15H15BrN2O/c1-10-8-13(6-7-14(10)17)18-15(19)9-11-2-4-12(16)5-3-11/h2-8H,9,17H2,1H3,(H,18,19). The van der Waals surface area contributed by atoms with Gasteiger partial charge in [-0.3, -0.25) is 4.79 Å². The predicted octanol–water partition coefficient (Wildman–Crippen LogP) is 3.52. The van der Waals surface area contributed by atoms with E-state index in [0.29, 0.717) is 6.42 Å². The van der Waals surface area contributed by atoms with Crippen LogP contribution in [0.25, 0.3) is 0 Å². The molecule has 98 valence electrons. The van der Waals surface area contributed by atoms with Crippen LogP contribution in [0.1, 0.15) is 11.1 Å². The van der Waals surface area contributed by atoms with Gasteiger partial charge in [0.25, 0.3) is 0 Å². The molecule has 0 saturated heterocycles. The molecule has 0 spiro atoms. The highest BCUT2D eigenvalue weighted by Gasteiger charge is 2.05. The third-order valence-electron chi connectivity index (χ3n) is 2.83. The lowest BCUT2D eigenvalue weighted by Gasteiger charge is -2.07. The van der Waals surface area contributed by atoms with Crippen LogP contribution in [0, 0.1) is 6.92 Å². The molecular formula is C15H15BrN2O. The molecule has 19 heavy (non-hydrogen) atoms. The van der Waals surface area contributed by atoms with E-state index in [0.717, 1.165) is 27.0 Å². The Balaban J connectivity index is 2.01. The number of carbonyl (C=O) groups is 1. The Morgan fingerprint density at radius 2 is 1.89 bits per heavy atom. The average Bonchev–Trinajstić information content (AvgIpc) is 2.37. The third-order valence-corrected chi connectivity index (χ3v) is 3.36. The minimum Gasteiger partial charge on any atom is -0.399 e. The summed E-state index contributed by atoms with van der Waals surface area (Å²) in [7, 11) is 0. The summed E-state index contributed by atoms with van der Waals surface area (Å²) in [5.74, 6) is -0.0357. The van der Waals surface area contributed by atoms with Gasteiger partial charge in [0.1, 0.15) is 0 Å². The molecule has 0 radical (unpaired) electrons. The van der Waals surface area contributed by atoms with E-state index in [-0.39, 0.29) is 5.91 Å². The molecule has 3 nitrogen and oxygen atoms in total. The lowest BCUT2D eigenvalue weighted by Crippen LogP contribution is -2.14. The first-order chi connectivity index (χ1) is 9.04. The summed E-state index contributed by atoms with van der Waals surface area (Å²) in [6.07, 6.45) is 0.358. The highest BCUT2D eigenvalue weighted by atomic mass is 79.9. The Morgan fingerprint density at radius 1 is 1.21 bits per heavy atom. The van der Waals surface area contributed by atoms with E-state index in [1.807, 2.05) is 43.3 Å². The average molecular weight is 319 g/mol. The SMILES string of the molecule is Cc1cc(NC(=O)Cc2ccc(Br)cc2)ccc1N. The van der Waals surface area contributed by atoms with Crippen molar-refractivity contribution in [2.45, 2.75) is 13.3 Å². The molecule has 3 N–H and O–H groups in total. The van der Waals surface area contributed by atoms with Gasteiger partial charge in [0.05, 0.1) is 6.42 Å². The van der Waals surface area contributed by atoms with Gasteiger partial charge in [-0.1, -0.05) is 28.1 Å². The van der Waals surface area contributed by atoms with Crippen molar-refractivity contribution in [3.05, 3.63) is 58.1 Å². The van der Waals surface area contributed by atoms with Crippen molar-refractivity contribution >= 4 is 33.2 Å². The number of nitrogens with two attached hydrogens (primary N) is 1. The fourth-order valence-corrected chi connectivity index (χ4v) is 2.01. The molecular weight excluding hydrogens is 304 g/mol. The van der Waals surface area contributed by atoms with Crippen molar-refractivity contribution in [2.24, 2.45) is 0 Å². The minimum absolute atomic E-state index is 0.0357. The molecule has 0 saturated carbocycles. The second-order valence-corrected chi connectivity index (χ2v) is 5.34. The molecule has 2 aromatic carbocycles. The first-order valence-electron chi connectivity index (χ1n) is 5.95. The number of anilines is 2. The van der Waals surface area contributed by atoms with Gasteiger partial charge in [-0.2, -0.15) is 0 Å². The Labute approximate surface area is 121 Å². The normalized spacial score (nSPS) is 10.2. The molecule has 2 aromatic rings. The second kappa shape index (κ2) is 5.89. The number of hydrogen-bond acceptors (Lipinski definition) is 2. The zero-order chi connectivity index (χ0) is 13.8. The van der Waals surface area contributed by atoms with E-state index in [1.165, 1.54) is 0 Å². The van der Waals surface area contributed by atoms with Crippen LogP contribution in [0.15, 0.2) is 46.9 Å². The number of halogens is 1. The lowest BCUT2D eigenvalue weighted by atomic mass is 10.1. The Hall–Kier alpha value is -1.81. The van der Waals surface area contributed by atoms with E-state index in [9.17, 15) is 4.79 Å². The molecule has 0 bridgehead atoms. The van der Waals surface area contributed by atoms with Crippen LogP contribution in [0.2, 0.25) is 0 Å². The van der Waals surface area contributed by atoms with E-state index in [2.05, 4.69) is 21.2 Å². The molecule has 4 heteroatoms. The van der Waals surface area contributed by atoms with Crippen molar-refractivity contribution in [1.29, 1.82) is 0 Å². The fourth-order valence-electron chi connectivity index (χ4n) is 1.75. The van der Waals surface area contributed by atoms with Crippen LogP contribution < -0.4 is 11.1 Å². The van der Waals surface area contributed by atoms with E-state index in [1.54, 1.807) is 6.07 Å². The molecule has 0 aliphatic heterocycles. The zero-order valence-corrected chi connectivity index (χ0v) is 12.2. The van der Waals surface area contributed by atoms with Gasteiger partial charge in [0.2, 0.25) is 5.91 Å². The predicted molar refractivity (Wildman–Crippen MR) is 82.1 cm³/mol. The number of benzene rings is 2. The molecule has 0 fully saturated rings. The van der Waals surface area contributed by atoms with Crippen LogP contribution in [0.4, 0.5) is 11.4 Å².